The summed E-state index contributed by atoms with van der Waals surface area (Å²) in [5, 5.41) is 11.5. The van der Waals surface area contributed by atoms with Crippen molar-refractivity contribution in [3.05, 3.63) is 71.8 Å². The molecule has 2 aromatic rings. The predicted molar refractivity (Wildman–Crippen MR) is 93.2 cm³/mol. The lowest BCUT2D eigenvalue weighted by Gasteiger charge is -2.11. The second-order valence-electron chi connectivity index (χ2n) is 5.16. The van der Waals surface area contributed by atoms with E-state index >= 15 is 0 Å². The summed E-state index contributed by atoms with van der Waals surface area (Å²) in [6.45, 7) is 0.0681. The second-order valence-corrected chi connectivity index (χ2v) is 5.16. The van der Waals surface area contributed by atoms with Crippen LogP contribution in [0.15, 0.2) is 60.7 Å². The van der Waals surface area contributed by atoms with Crippen LogP contribution in [0.5, 0.6) is 5.75 Å². The number of rotatable bonds is 7. The molecule has 0 fully saturated rings. The molecule has 0 heterocycles. The molecule has 0 saturated carbocycles. The number of aliphatic carboxylic acids is 1. The maximum absolute atomic E-state index is 11.8. The second kappa shape index (κ2) is 9.12. The summed E-state index contributed by atoms with van der Waals surface area (Å²) in [4.78, 5) is 23.1. The fourth-order valence-electron chi connectivity index (χ4n) is 2.04. The number of carbonyl (C=O) groups is 2. The highest BCUT2D eigenvalue weighted by atomic mass is 16.5. The Labute approximate surface area is 145 Å². The summed E-state index contributed by atoms with van der Waals surface area (Å²) in [5.74, 6) is -0.528. The molecule has 1 atom stereocenters. The Balaban J connectivity index is 1.94. The van der Waals surface area contributed by atoms with E-state index in [9.17, 15) is 14.7 Å². The number of alkyl carbamates (subject to hydrolysis) is 1. The van der Waals surface area contributed by atoms with Crippen LogP contribution in [0.3, 0.4) is 0 Å². The lowest BCUT2D eigenvalue weighted by atomic mass is 10.1. The molecule has 0 aliphatic heterocycles. The molecule has 0 aromatic heterocycles. The molecule has 1 amide bonds. The number of nitrogens with one attached hydrogen (secondary N) is 1. The highest BCUT2D eigenvalue weighted by molar-refractivity contribution is 5.83. The van der Waals surface area contributed by atoms with Gasteiger partial charge >= 0.3 is 12.1 Å². The number of carboxylic acids is 1. The minimum absolute atomic E-state index is 0.0681. The van der Waals surface area contributed by atoms with Gasteiger partial charge in [-0.25, -0.2) is 9.59 Å². The maximum atomic E-state index is 11.8. The number of carboxylic acid groups (broad SMARTS) is 1. The SMILES string of the molecule is COc1cccc(/C=C/[C@H](NC(=O)OCc2ccccc2)C(=O)O)c1. The molecule has 6 nitrogen and oxygen atoms in total. The predicted octanol–water partition coefficient (Wildman–Crippen LogP) is 3.09. The topological polar surface area (TPSA) is 84.9 Å². The fourth-order valence-corrected chi connectivity index (χ4v) is 2.04. The van der Waals surface area contributed by atoms with Crippen LogP contribution in [-0.4, -0.2) is 30.3 Å². The summed E-state index contributed by atoms with van der Waals surface area (Å²) in [5.41, 5.74) is 1.57. The van der Waals surface area contributed by atoms with E-state index in [-0.39, 0.29) is 6.61 Å². The molecule has 0 unspecified atom stereocenters. The molecular weight excluding hydrogens is 322 g/mol. The van der Waals surface area contributed by atoms with Crippen LogP contribution in [0.1, 0.15) is 11.1 Å². The maximum Gasteiger partial charge on any atom is 0.408 e. The molecule has 0 spiro atoms. The van der Waals surface area contributed by atoms with Gasteiger partial charge in [0.05, 0.1) is 7.11 Å². The van der Waals surface area contributed by atoms with Crippen LogP contribution in [0.2, 0.25) is 0 Å². The normalized spacial score (nSPS) is 11.7. The van der Waals surface area contributed by atoms with Crippen molar-refractivity contribution in [1.82, 2.24) is 5.32 Å². The van der Waals surface area contributed by atoms with E-state index in [0.29, 0.717) is 5.75 Å². The van der Waals surface area contributed by atoms with E-state index in [2.05, 4.69) is 5.32 Å². The van der Waals surface area contributed by atoms with Gasteiger partial charge in [-0.05, 0) is 23.3 Å². The molecule has 0 aliphatic carbocycles. The van der Waals surface area contributed by atoms with Gasteiger partial charge in [-0.15, -0.1) is 0 Å². The Bertz CT molecular complexity index is 742. The molecule has 0 aliphatic rings. The highest BCUT2D eigenvalue weighted by Crippen LogP contribution is 2.14. The van der Waals surface area contributed by atoms with E-state index < -0.39 is 18.1 Å². The number of ether oxygens (including phenoxy) is 2. The third kappa shape index (κ3) is 6.02. The van der Waals surface area contributed by atoms with Gasteiger partial charge in [0.1, 0.15) is 18.4 Å². The average Bonchev–Trinajstić information content (AvgIpc) is 2.64. The monoisotopic (exact) mass is 341 g/mol. The van der Waals surface area contributed by atoms with Crippen molar-refractivity contribution in [2.24, 2.45) is 0 Å². The van der Waals surface area contributed by atoms with Gasteiger partial charge in [0, 0.05) is 0 Å². The molecule has 130 valence electrons. The van der Waals surface area contributed by atoms with E-state index in [1.807, 2.05) is 30.3 Å². The van der Waals surface area contributed by atoms with Gasteiger partial charge < -0.3 is 19.9 Å². The van der Waals surface area contributed by atoms with Crippen molar-refractivity contribution < 1.29 is 24.2 Å². The van der Waals surface area contributed by atoms with Gasteiger partial charge in [0.25, 0.3) is 0 Å². The van der Waals surface area contributed by atoms with E-state index in [4.69, 9.17) is 9.47 Å². The van der Waals surface area contributed by atoms with Gasteiger partial charge in [-0.3, -0.25) is 0 Å². The number of benzene rings is 2. The minimum atomic E-state index is -1.20. The number of amides is 1. The first-order valence-electron chi connectivity index (χ1n) is 7.61. The van der Waals surface area contributed by atoms with Gasteiger partial charge in [-0.2, -0.15) is 0 Å². The summed E-state index contributed by atoms with van der Waals surface area (Å²) in [6, 6.07) is 15.1. The van der Waals surface area contributed by atoms with Crippen molar-refractivity contribution in [2.75, 3.05) is 7.11 Å². The molecule has 2 aromatic carbocycles. The summed E-state index contributed by atoms with van der Waals surface area (Å²) in [6.07, 6.45) is 2.17. The van der Waals surface area contributed by atoms with Crippen LogP contribution in [-0.2, 0) is 16.1 Å². The molecule has 0 radical (unpaired) electrons. The van der Waals surface area contributed by atoms with Crippen LogP contribution in [0.25, 0.3) is 6.08 Å². The molecule has 0 saturated heterocycles. The lowest BCUT2D eigenvalue weighted by molar-refractivity contribution is -0.138. The Morgan fingerprint density at radius 1 is 1.16 bits per heavy atom. The standard InChI is InChI=1S/C19H19NO5/c1-24-16-9-5-8-14(12-16)10-11-17(18(21)22)20-19(23)25-13-15-6-3-2-4-7-15/h2-12,17H,13H2,1H3,(H,20,23)(H,21,22)/b11-10+/t17-/m0/s1. The van der Waals surface area contributed by atoms with Crippen LogP contribution in [0.4, 0.5) is 4.79 Å². The number of hydrogen-bond donors (Lipinski definition) is 2. The minimum Gasteiger partial charge on any atom is -0.497 e. The van der Waals surface area contributed by atoms with E-state index in [1.54, 1.807) is 37.5 Å². The van der Waals surface area contributed by atoms with Crippen LogP contribution >= 0.6 is 0 Å². The first kappa shape index (κ1) is 18.1. The zero-order valence-corrected chi connectivity index (χ0v) is 13.7. The first-order valence-corrected chi connectivity index (χ1v) is 7.61. The molecule has 0 bridgehead atoms. The van der Waals surface area contributed by atoms with Crippen LogP contribution in [0, 0.1) is 0 Å². The fraction of sp³-hybridized carbons (Fsp3) is 0.158. The zero-order chi connectivity index (χ0) is 18.1. The zero-order valence-electron chi connectivity index (χ0n) is 13.7. The largest absolute Gasteiger partial charge is 0.497 e. The van der Waals surface area contributed by atoms with Crippen LogP contribution < -0.4 is 10.1 Å². The number of hydrogen-bond acceptors (Lipinski definition) is 4. The van der Waals surface area contributed by atoms with Gasteiger partial charge in [0.15, 0.2) is 0 Å². The molecule has 2 N–H and O–H groups in total. The number of carbonyl (C=O) groups excluding carboxylic acids is 1. The third-order valence-corrected chi connectivity index (χ3v) is 3.33. The Hall–Kier alpha value is -3.28. The van der Waals surface area contributed by atoms with Gasteiger partial charge in [-0.1, -0.05) is 54.6 Å². The highest BCUT2D eigenvalue weighted by Gasteiger charge is 2.17. The van der Waals surface area contributed by atoms with Crippen molar-refractivity contribution >= 4 is 18.1 Å². The van der Waals surface area contributed by atoms with Crippen molar-refractivity contribution in [3.8, 4) is 5.75 Å². The third-order valence-electron chi connectivity index (χ3n) is 3.33. The van der Waals surface area contributed by atoms with Crippen molar-refractivity contribution in [2.45, 2.75) is 12.6 Å². The summed E-state index contributed by atoms with van der Waals surface area (Å²) < 4.78 is 10.1. The average molecular weight is 341 g/mol. The Kier molecular flexibility index (Phi) is 6.59. The summed E-state index contributed by atoms with van der Waals surface area (Å²) >= 11 is 0. The molecule has 25 heavy (non-hydrogen) atoms. The van der Waals surface area contributed by atoms with Crippen molar-refractivity contribution in [3.63, 3.8) is 0 Å². The Morgan fingerprint density at radius 3 is 2.60 bits per heavy atom. The first-order chi connectivity index (χ1) is 12.1. The van der Waals surface area contributed by atoms with Crippen molar-refractivity contribution in [1.29, 1.82) is 0 Å². The Morgan fingerprint density at radius 2 is 1.92 bits per heavy atom. The van der Waals surface area contributed by atoms with E-state index in [0.717, 1.165) is 11.1 Å². The molecule has 6 heteroatoms. The van der Waals surface area contributed by atoms with E-state index in [1.165, 1.54) is 6.08 Å². The lowest BCUT2D eigenvalue weighted by Crippen LogP contribution is -2.39. The quantitative estimate of drug-likeness (QED) is 0.808. The van der Waals surface area contributed by atoms with Gasteiger partial charge in [0.2, 0.25) is 0 Å². The smallest absolute Gasteiger partial charge is 0.408 e. The molecule has 2 rings (SSSR count). The number of methoxy groups -OCH3 is 1. The molecular formula is C19H19NO5. The summed E-state index contributed by atoms with van der Waals surface area (Å²) in [7, 11) is 1.55.